The van der Waals surface area contributed by atoms with Crippen molar-refractivity contribution in [3.8, 4) is 0 Å². The summed E-state index contributed by atoms with van der Waals surface area (Å²) in [5, 5.41) is 5.10. The zero-order chi connectivity index (χ0) is 19.6. The summed E-state index contributed by atoms with van der Waals surface area (Å²) in [6.07, 6.45) is 0.359. The third-order valence-corrected chi connectivity index (χ3v) is 3.61. The maximum Gasteiger partial charge on any atom is 0.325 e. The smallest absolute Gasteiger partial charge is 0.325 e. The van der Waals surface area contributed by atoms with E-state index in [1.54, 1.807) is 61.5 Å². The van der Waals surface area contributed by atoms with Gasteiger partial charge in [-0.2, -0.15) is 0 Å². The lowest BCUT2D eigenvalue weighted by atomic mass is 10.1. The molecule has 0 saturated carbocycles. The molecule has 0 fully saturated rings. The lowest BCUT2D eigenvalue weighted by Gasteiger charge is -2.07. The van der Waals surface area contributed by atoms with E-state index in [-0.39, 0.29) is 18.2 Å². The summed E-state index contributed by atoms with van der Waals surface area (Å²) in [5.41, 5.74) is 1.36. The molecule has 2 N–H and O–H groups in total. The summed E-state index contributed by atoms with van der Waals surface area (Å²) in [7, 11) is 0. The number of esters is 1. The summed E-state index contributed by atoms with van der Waals surface area (Å²) < 4.78 is 4.88. The van der Waals surface area contributed by atoms with Gasteiger partial charge in [-0.25, -0.2) is 0 Å². The highest BCUT2D eigenvalue weighted by Gasteiger charge is 2.12. The van der Waals surface area contributed by atoms with Crippen molar-refractivity contribution in [2.24, 2.45) is 0 Å². The molecule has 0 aromatic heterocycles. The van der Waals surface area contributed by atoms with Gasteiger partial charge in [0.15, 0.2) is 12.4 Å². The van der Waals surface area contributed by atoms with Gasteiger partial charge < -0.3 is 15.4 Å². The van der Waals surface area contributed by atoms with Crippen LogP contribution >= 0.6 is 0 Å². The van der Waals surface area contributed by atoms with E-state index in [1.807, 2.05) is 0 Å². The molecule has 2 aromatic carbocycles. The molecule has 7 heteroatoms. The van der Waals surface area contributed by atoms with Crippen LogP contribution in [0.3, 0.4) is 0 Å². The first-order chi connectivity index (χ1) is 13.0. The van der Waals surface area contributed by atoms with Crippen LogP contribution in [0.2, 0.25) is 0 Å². The number of carbonyl (C=O) groups excluding carboxylic acids is 4. The molecule has 2 rings (SSSR count). The Morgan fingerprint density at radius 2 is 1.56 bits per heavy atom. The Balaban J connectivity index is 1.76. The van der Waals surface area contributed by atoms with Gasteiger partial charge in [0.25, 0.3) is 5.91 Å². The van der Waals surface area contributed by atoms with Gasteiger partial charge in [-0.05, 0) is 36.4 Å². The summed E-state index contributed by atoms with van der Waals surface area (Å²) in [4.78, 5) is 46.9. The number of Topliss-reactive ketones (excluding diaryl/α,β-unsaturated/α-hetero) is 1. The first kappa shape index (κ1) is 19.8. The van der Waals surface area contributed by atoms with E-state index in [9.17, 15) is 19.2 Å². The van der Waals surface area contributed by atoms with Crippen molar-refractivity contribution in [2.75, 3.05) is 18.5 Å². The molecule has 0 unspecified atom stereocenters. The van der Waals surface area contributed by atoms with Gasteiger partial charge in [0.1, 0.15) is 6.54 Å². The van der Waals surface area contributed by atoms with Gasteiger partial charge in [-0.15, -0.1) is 0 Å². The second-order valence-corrected chi connectivity index (χ2v) is 5.61. The minimum atomic E-state index is -0.709. The fourth-order valence-electron chi connectivity index (χ4n) is 2.11. The number of hydrogen-bond acceptors (Lipinski definition) is 5. The summed E-state index contributed by atoms with van der Waals surface area (Å²) in [6.45, 7) is 0.980. The number of hydrogen-bond donors (Lipinski definition) is 2. The molecule has 0 heterocycles. The number of carbonyl (C=O) groups is 4. The number of amides is 2. The zero-order valence-electron chi connectivity index (χ0n) is 14.9. The summed E-state index contributed by atoms with van der Waals surface area (Å²) in [6, 6.07) is 14.7. The molecule has 0 bridgehead atoms. The fourth-order valence-corrected chi connectivity index (χ4v) is 2.11. The minimum Gasteiger partial charge on any atom is -0.456 e. The molecule has 0 saturated heterocycles. The largest absolute Gasteiger partial charge is 0.456 e. The SMILES string of the molecule is CCC(=O)Nc1ccc(C(=O)COC(=O)CNC(=O)c2ccccc2)cc1. The van der Waals surface area contributed by atoms with Crippen LogP contribution in [0.15, 0.2) is 54.6 Å². The Morgan fingerprint density at radius 3 is 2.19 bits per heavy atom. The molecule has 7 nitrogen and oxygen atoms in total. The van der Waals surface area contributed by atoms with Crippen LogP contribution in [-0.4, -0.2) is 36.7 Å². The van der Waals surface area contributed by atoms with Gasteiger partial charge in [0.2, 0.25) is 5.91 Å². The van der Waals surface area contributed by atoms with Crippen LogP contribution < -0.4 is 10.6 Å². The first-order valence-electron chi connectivity index (χ1n) is 8.41. The molecule has 0 atom stereocenters. The molecule has 0 spiro atoms. The Hall–Kier alpha value is -3.48. The second kappa shape index (κ2) is 9.86. The van der Waals surface area contributed by atoms with Gasteiger partial charge in [0, 0.05) is 23.2 Å². The average Bonchev–Trinajstić information content (AvgIpc) is 2.71. The molecular formula is C20H20N2O5. The molecule has 2 aromatic rings. The van der Waals surface area contributed by atoms with Crippen molar-refractivity contribution >= 4 is 29.3 Å². The van der Waals surface area contributed by atoms with Crippen molar-refractivity contribution < 1.29 is 23.9 Å². The van der Waals surface area contributed by atoms with Gasteiger partial charge in [0.05, 0.1) is 0 Å². The van der Waals surface area contributed by atoms with Crippen LogP contribution in [0.1, 0.15) is 34.1 Å². The van der Waals surface area contributed by atoms with Crippen molar-refractivity contribution in [1.82, 2.24) is 5.32 Å². The third kappa shape index (κ3) is 6.39. The highest BCUT2D eigenvalue weighted by Crippen LogP contribution is 2.10. The van der Waals surface area contributed by atoms with Crippen LogP contribution in [0.4, 0.5) is 5.69 Å². The van der Waals surface area contributed by atoms with Crippen molar-refractivity contribution in [1.29, 1.82) is 0 Å². The second-order valence-electron chi connectivity index (χ2n) is 5.61. The zero-order valence-corrected chi connectivity index (χ0v) is 14.9. The maximum absolute atomic E-state index is 12.0. The Kier molecular flexibility index (Phi) is 7.25. The molecule has 0 aliphatic rings. The minimum absolute atomic E-state index is 0.124. The van der Waals surface area contributed by atoms with E-state index < -0.39 is 18.5 Å². The molecule has 27 heavy (non-hydrogen) atoms. The first-order valence-corrected chi connectivity index (χ1v) is 8.41. The maximum atomic E-state index is 12.0. The molecule has 0 aliphatic heterocycles. The monoisotopic (exact) mass is 368 g/mol. The van der Waals surface area contributed by atoms with E-state index in [0.29, 0.717) is 23.2 Å². The Bertz CT molecular complexity index is 816. The average molecular weight is 368 g/mol. The number of ketones is 1. The molecule has 0 aliphatic carbocycles. The lowest BCUT2D eigenvalue weighted by molar-refractivity contribution is -0.141. The Labute approximate surface area is 156 Å². The van der Waals surface area contributed by atoms with Crippen molar-refractivity contribution in [2.45, 2.75) is 13.3 Å². The van der Waals surface area contributed by atoms with Crippen LogP contribution in [-0.2, 0) is 14.3 Å². The molecule has 2 amide bonds. The van der Waals surface area contributed by atoms with Crippen LogP contribution in [0, 0.1) is 0 Å². The highest BCUT2D eigenvalue weighted by atomic mass is 16.5. The van der Waals surface area contributed by atoms with E-state index >= 15 is 0 Å². The van der Waals surface area contributed by atoms with E-state index in [0.717, 1.165) is 0 Å². The number of rotatable bonds is 8. The van der Waals surface area contributed by atoms with Crippen molar-refractivity contribution in [3.63, 3.8) is 0 Å². The van der Waals surface area contributed by atoms with Crippen molar-refractivity contribution in [3.05, 3.63) is 65.7 Å². The third-order valence-electron chi connectivity index (χ3n) is 3.61. The number of nitrogens with one attached hydrogen (secondary N) is 2. The van der Waals surface area contributed by atoms with E-state index in [2.05, 4.69) is 10.6 Å². The number of benzene rings is 2. The van der Waals surface area contributed by atoms with E-state index in [1.165, 1.54) is 0 Å². The summed E-state index contributed by atoms with van der Waals surface area (Å²) >= 11 is 0. The predicted molar refractivity (Wildman–Crippen MR) is 99.4 cm³/mol. The lowest BCUT2D eigenvalue weighted by Crippen LogP contribution is -2.31. The van der Waals surface area contributed by atoms with Gasteiger partial charge in [-0.3, -0.25) is 19.2 Å². The Morgan fingerprint density at radius 1 is 0.889 bits per heavy atom. The highest BCUT2D eigenvalue weighted by molar-refractivity contribution is 5.99. The number of anilines is 1. The molecule has 0 radical (unpaired) electrons. The van der Waals surface area contributed by atoms with Crippen LogP contribution in [0.25, 0.3) is 0 Å². The quantitative estimate of drug-likeness (QED) is 0.549. The normalized spacial score (nSPS) is 9.96. The van der Waals surface area contributed by atoms with Crippen LogP contribution in [0.5, 0.6) is 0 Å². The van der Waals surface area contributed by atoms with Gasteiger partial charge >= 0.3 is 5.97 Å². The number of ether oxygens (including phenoxy) is 1. The van der Waals surface area contributed by atoms with Gasteiger partial charge in [-0.1, -0.05) is 25.1 Å². The molecular weight excluding hydrogens is 348 g/mol. The van der Waals surface area contributed by atoms with E-state index in [4.69, 9.17) is 4.74 Å². The predicted octanol–water partition coefficient (Wildman–Crippen LogP) is 2.19. The topological polar surface area (TPSA) is 102 Å². The molecule has 140 valence electrons. The standard InChI is InChI=1S/C20H20N2O5/c1-2-18(24)22-16-10-8-14(9-11-16)17(23)13-27-19(25)12-21-20(26)15-6-4-3-5-7-15/h3-11H,2,12-13H2,1H3,(H,21,26)(H,22,24). The fraction of sp³-hybridized carbons (Fsp3) is 0.200. The summed E-state index contributed by atoms with van der Waals surface area (Å²) in [5.74, 6) is -1.62.